The Kier molecular flexibility index (Phi) is 3.50. The summed E-state index contributed by atoms with van der Waals surface area (Å²) in [5.41, 5.74) is 0.0754. The van der Waals surface area contributed by atoms with Gasteiger partial charge in [0.05, 0.1) is 19.1 Å². The molecule has 4 heteroatoms. The SMILES string of the molecule is CCC1CC2(CCO1)CNCC2C(=O)OC. The second-order valence-electron chi connectivity index (χ2n) is 4.92. The Hall–Kier alpha value is -0.610. The Bertz CT molecular complexity index is 269. The molecule has 0 amide bonds. The van der Waals surface area contributed by atoms with Gasteiger partial charge in [0.1, 0.15) is 0 Å². The molecule has 0 aromatic heterocycles. The van der Waals surface area contributed by atoms with E-state index >= 15 is 0 Å². The summed E-state index contributed by atoms with van der Waals surface area (Å²) in [6.45, 7) is 4.59. The first-order valence-electron chi connectivity index (χ1n) is 6.12. The van der Waals surface area contributed by atoms with Gasteiger partial charge in [-0.05, 0) is 19.3 Å². The van der Waals surface area contributed by atoms with Gasteiger partial charge in [0, 0.05) is 25.1 Å². The summed E-state index contributed by atoms with van der Waals surface area (Å²) in [5, 5.41) is 3.34. The zero-order chi connectivity index (χ0) is 11.6. The maximum absolute atomic E-state index is 11.8. The van der Waals surface area contributed by atoms with E-state index in [9.17, 15) is 4.79 Å². The van der Waals surface area contributed by atoms with Crippen molar-refractivity contribution in [3.8, 4) is 0 Å². The van der Waals surface area contributed by atoms with Crippen molar-refractivity contribution < 1.29 is 14.3 Å². The Balaban J connectivity index is 2.12. The Morgan fingerprint density at radius 1 is 1.62 bits per heavy atom. The minimum atomic E-state index is -0.0678. The number of methoxy groups -OCH3 is 1. The van der Waals surface area contributed by atoms with Gasteiger partial charge in [0.15, 0.2) is 0 Å². The van der Waals surface area contributed by atoms with Crippen molar-refractivity contribution in [1.29, 1.82) is 0 Å². The lowest BCUT2D eigenvalue weighted by molar-refractivity contribution is -0.152. The molecule has 0 bridgehead atoms. The first-order valence-corrected chi connectivity index (χ1v) is 6.12. The van der Waals surface area contributed by atoms with Crippen LogP contribution >= 0.6 is 0 Å². The summed E-state index contributed by atoms with van der Waals surface area (Å²) < 4.78 is 10.6. The van der Waals surface area contributed by atoms with E-state index in [1.54, 1.807) is 0 Å². The standard InChI is InChI=1S/C12H21NO3/c1-3-9-6-12(4-5-16-9)8-13-7-10(12)11(14)15-2/h9-10,13H,3-8H2,1-2H3. The summed E-state index contributed by atoms with van der Waals surface area (Å²) >= 11 is 0. The van der Waals surface area contributed by atoms with Crippen molar-refractivity contribution in [3.63, 3.8) is 0 Å². The molecule has 92 valence electrons. The summed E-state index contributed by atoms with van der Waals surface area (Å²) in [5.74, 6) is -0.0581. The number of esters is 1. The third-order valence-corrected chi connectivity index (χ3v) is 4.09. The number of hydrogen-bond acceptors (Lipinski definition) is 4. The van der Waals surface area contributed by atoms with Gasteiger partial charge in [-0.3, -0.25) is 4.79 Å². The molecule has 3 atom stereocenters. The van der Waals surface area contributed by atoms with Crippen molar-refractivity contribution in [1.82, 2.24) is 5.32 Å². The highest BCUT2D eigenvalue weighted by Gasteiger charge is 2.49. The van der Waals surface area contributed by atoms with Gasteiger partial charge in [-0.2, -0.15) is 0 Å². The fraction of sp³-hybridized carbons (Fsp3) is 0.917. The van der Waals surface area contributed by atoms with E-state index in [1.165, 1.54) is 7.11 Å². The molecule has 0 aromatic rings. The number of rotatable bonds is 2. The molecule has 1 N–H and O–H groups in total. The van der Waals surface area contributed by atoms with Crippen LogP contribution < -0.4 is 5.32 Å². The molecule has 4 nitrogen and oxygen atoms in total. The summed E-state index contributed by atoms with van der Waals surface area (Å²) in [6.07, 6.45) is 3.28. The fourth-order valence-corrected chi connectivity index (χ4v) is 3.06. The van der Waals surface area contributed by atoms with Gasteiger partial charge >= 0.3 is 5.97 Å². The molecule has 0 aromatic carbocycles. The summed E-state index contributed by atoms with van der Waals surface area (Å²) in [6, 6.07) is 0. The van der Waals surface area contributed by atoms with Crippen LogP contribution in [0, 0.1) is 11.3 Å². The summed E-state index contributed by atoms with van der Waals surface area (Å²) in [4.78, 5) is 11.8. The molecule has 2 aliphatic rings. The predicted molar refractivity (Wildman–Crippen MR) is 60.1 cm³/mol. The molecule has 0 radical (unpaired) electrons. The average molecular weight is 227 g/mol. The number of carbonyl (C=O) groups excluding carboxylic acids is 1. The van der Waals surface area contributed by atoms with Gasteiger partial charge < -0.3 is 14.8 Å². The zero-order valence-corrected chi connectivity index (χ0v) is 10.1. The van der Waals surface area contributed by atoms with Crippen LogP contribution in [-0.4, -0.2) is 38.9 Å². The van der Waals surface area contributed by atoms with Gasteiger partial charge in [0.2, 0.25) is 0 Å². The molecule has 0 saturated carbocycles. The number of nitrogens with one attached hydrogen (secondary N) is 1. The van der Waals surface area contributed by atoms with Crippen LogP contribution in [0.3, 0.4) is 0 Å². The first-order chi connectivity index (χ1) is 7.72. The lowest BCUT2D eigenvalue weighted by Gasteiger charge is -2.40. The first kappa shape index (κ1) is 11.9. The van der Waals surface area contributed by atoms with Crippen LogP contribution in [0.2, 0.25) is 0 Å². The Labute approximate surface area is 96.7 Å². The maximum Gasteiger partial charge on any atom is 0.310 e. The molecule has 0 aliphatic carbocycles. The highest BCUT2D eigenvalue weighted by molar-refractivity contribution is 5.74. The Morgan fingerprint density at radius 3 is 3.12 bits per heavy atom. The molecule has 3 unspecified atom stereocenters. The highest BCUT2D eigenvalue weighted by atomic mass is 16.5. The fourth-order valence-electron chi connectivity index (χ4n) is 3.06. The predicted octanol–water partition coefficient (Wildman–Crippen LogP) is 0.954. The van der Waals surface area contributed by atoms with Crippen LogP contribution in [-0.2, 0) is 14.3 Å². The molecule has 2 aliphatic heterocycles. The van der Waals surface area contributed by atoms with Crippen LogP contribution in [0.5, 0.6) is 0 Å². The average Bonchev–Trinajstić information content (AvgIpc) is 2.71. The van der Waals surface area contributed by atoms with Gasteiger partial charge in [-0.15, -0.1) is 0 Å². The maximum atomic E-state index is 11.8. The van der Waals surface area contributed by atoms with Crippen LogP contribution in [0.1, 0.15) is 26.2 Å². The van der Waals surface area contributed by atoms with Crippen LogP contribution in [0.15, 0.2) is 0 Å². The van der Waals surface area contributed by atoms with E-state index in [4.69, 9.17) is 9.47 Å². The lowest BCUT2D eigenvalue weighted by Crippen LogP contribution is -2.43. The van der Waals surface area contributed by atoms with Gasteiger partial charge in [-0.1, -0.05) is 6.92 Å². The number of ether oxygens (including phenoxy) is 2. The van der Waals surface area contributed by atoms with E-state index < -0.39 is 0 Å². The molecule has 2 rings (SSSR count). The van der Waals surface area contributed by atoms with E-state index in [2.05, 4.69) is 12.2 Å². The number of carbonyl (C=O) groups is 1. The van der Waals surface area contributed by atoms with Crippen molar-refractivity contribution in [2.45, 2.75) is 32.3 Å². The molecule has 2 fully saturated rings. The second kappa shape index (κ2) is 4.72. The van der Waals surface area contributed by atoms with Gasteiger partial charge in [0.25, 0.3) is 0 Å². The normalized spacial score (nSPS) is 38.9. The summed E-state index contributed by atoms with van der Waals surface area (Å²) in [7, 11) is 1.48. The molecule has 2 saturated heterocycles. The lowest BCUT2D eigenvalue weighted by atomic mass is 9.70. The smallest absolute Gasteiger partial charge is 0.310 e. The molecular weight excluding hydrogens is 206 g/mol. The third kappa shape index (κ3) is 1.96. The van der Waals surface area contributed by atoms with E-state index in [-0.39, 0.29) is 17.3 Å². The number of hydrogen-bond donors (Lipinski definition) is 1. The Morgan fingerprint density at radius 2 is 2.44 bits per heavy atom. The van der Waals surface area contributed by atoms with E-state index in [0.717, 1.165) is 39.0 Å². The molecular formula is C12H21NO3. The minimum Gasteiger partial charge on any atom is -0.469 e. The largest absolute Gasteiger partial charge is 0.469 e. The van der Waals surface area contributed by atoms with Crippen molar-refractivity contribution >= 4 is 5.97 Å². The van der Waals surface area contributed by atoms with Crippen molar-refractivity contribution in [3.05, 3.63) is 0 Å². The van der Waals surface area contributed by atoms with Gasteiger partial charge in [-0.25, -0.2) is 0 Å². The van der Waals surface area contributed by atoms with E-state index in [1.807, 2.05) is 0 Å². The highest BCUT2D eigenvalue weighted by Crippen LogP contribution is 2.43. The second-order valence-corrected chi connectivity index (χ2v) is 4.92. The van der Waals surface area contributed by atoms with Crippen molar-refractivity contribution in [2.24, 2.45) is 11.3 Å². The molecule has 16 heavy (non-hydrogen) atoms. The zero-order valence-electron chi connectivity index (χ0n) is 10.1. The third-order valence-electron chi connectivity index (χ3n) is 4.09. The minimum absolute atomic E-state index is 0.00968. The topological polar surface area (TPSA) is 47.6 Å². The quantitative estimate of drug-likeness (QED) is 0.714. The monoisotopic (exact) mass is 227 g/mol. The van der Waals surface area contributed by atoms with Crippen molar-refractivity contribution in [2.75, 3.05) is 26.8 Å². The van der Waals surface area contributed by atoms with Crippen LogP contribution in [0.4, 0.5) is 0 Å². The van der Waals surface area contributed by atoms with Crippen LogP contribution in [0.25, 0.3) is 0 Å². The molecule has 1 spiro atoms. The molecule has 2 heterocycles. The van der Waals surface area contributed by atoms with E-state index in [0.29, 0.717) is 6.10 Å².